The van der Waals surface area contributed by atoms with Crippen LogP contribution in [0.4, 0.5) is 8.78 Å². The molecule has 1 saturated carbocycles. The van der Waals surface area contributed by atoms with Crippen LogP contribution >= 0.6 is 27.5 Å². The monoisotopic (exact) mass is 594 g/mol. The van der Waals surface area contributed by atoms with Gasteiger partial charge in [0.1, 0.15) is 17.0 Å². The predicted molar refractivity (Wildman–Crippen MR) is 134 cm³/mol. The number of fused-ring (bicyclic) bond motifs is 3. The van der Waals surface area contributed by atoms with Gasteiger partial charge in [-0.15, -0.1) is 0 Å². The molecule has 1 amide bonds. The van der Waals surface area contributed by atoms with Gasteiger partial charge in [0.25, 0.3) is 6.43 Å². The van der Waals surface area contributed by atoms with Crippen LogP contribution in [0.15, 0.2) is 65.1 Å². The molecule has 3 aromatic rings. The highest BCUT2D eigenvalue weighted by molar-refractivity contribution is 9.10. The summed E-state index contributed by atoms with van der Waals surface area (Å²) in [7, 11) is 1.32. The van der Waals surface area contributed by atoms with Crippen molar-refractivity contribution >= 4 is 33.4 Å². The number of methoxy groups -OCH3 is 1. The van der Waals surface area contributed by atoms with Gasteiger partial charge in [0.05, 0.1) is 25.1 Å². The van der Waals surface area contributed by atoms with Gasteiger partial charge >= 0.3 is 0 Å². The van der Waals surface area contributed by atoms with E-state index in [4.69, 9.17) is 21.1 Å². The zero-order valence-electron chi connectivity index (χ0n) is 19.4. The van der Waals surface area contributed by atoms with Gasteiger partial charge in [-0.05, 0) is 23.3 Å². The molecule has 7 nitrogen and oxygen atoms in total. The van der Waals surface area contributed by atoms with Crippen molar-refractivity contribution in [2.75, 3.05) is 13.7 Å². The molecular formula is C26H22BrClF2N2O5. The van der Waals surface area contributed by atoms with Gasteiger partial charge in [-0.2, -0.15) is 0 Å². The number of carbonyl (C=O) groups is 1. The molecule has 2 aromatic carbocycles. The van der Waals surface area contributed by atoms with E-state index in [-0.39, 0.29) is 22.3 Å². The Morgan fingerprint density at radius 3 is 2.54 bits per heavy atom. The number of aromatic nitrogens is 1. The van der Waals surface area contributed by atoms with Crippen molar-refractivity contribution in [1.29, 1.82) is 0 Å². The van der Waals surface area contributed by atoms with E-state index < -0.39 is 48.0 Å². The Labute approximate surface area is 224 Å². The average molecular weight is 596 g/mol. The summed E-state index contributed by atoms with van der Waals surface area (Å²) in [6, 6.07) is 17.0. The van der Waals surface area contributed by atoms with Crippen LogP contribution in [0.2, 0.25) is 5.15 Å². The lowest BCUT2D eigenvalue weighted by atomic mass is 9.71. The quantitative estimate of drug-likeness (QED) is 0.371. The highest BCUT2D eigenvalue weighted by atomic mass is 79.9. The summed E-state index contributed by atoms with van der Waals surface area (Å²) in [5, 5.41) is 26.6. The van der Waals surface area contributed by atoms with Crippen LogP contribution < -0.4 is 14.8 Å². The zero-order valence-corrected chi connectivity index (χ0v) is 21.7. The predicted octanol–water partition coefficient (Wildman–Crippen LogP) is 4.14. The first-order valence-electron chi connectivity index (χ1n) is 11.4. The fraction of sp³-hybridized carbons (Fsp3) is 0.308. The highest BCUT2D eigenvalue weighted by Gasteiger charge is 2.78. The highest BCUT2D eigenvalue weighted by Crippen LogP contribution is 2.69. The third kappa shape index (κ3) is 3.80. The van der Waals surface area contributed by atoms with E-state index in [1.165, 1.54) is 13.2 Å². The Morgan fingerprint density at radius 2 is 1.92 bits per heavy atom. The normalized spacial score (nSPS) is 27.9. The number of hydrogen-bond acceptors (Lipinski definition) is 6. The molecule has 0 spiro atoms. The minimum absolute atomic E-state index is 0.0138. The number of aliphatic hydroxyl groups excluding tert-OH is 1. The molecule has 1 aromatic heterocycles. The van der Waals surface area contributed by atoms with E-state index in [0.29, 0.717) is 11.1 Å². The van der Waals surface area contributed by atoms with Gasteiger partial charge in [-0.1, -0.05) is 70.0 Å². The summed E-state index contributed by atoms with van der Waals surface area (Å²) in [5.74, 6) is -3.24. The van der Waals surface area contributed by atoms with Crippen molar-refractivity contribution in [1.82, 2.24) is 10.3 Å². The molecule has 0 bridgehead atoms. The number of aliphatic hydroxyl groups is 2. The summed E-state index contributed by atoms with van der Waals surface area (Å²) < 4.78 is 38.8. The molecule has 2 heterocycles. The molecule has 1 aliphatic carbocycles. The third-order valence-electron chi connectivity index (χ3n) is 7.06. The lowest BCUT2D eigenvalue weighted by molar-refractivity contribution is -0.154. The molecule has 11 heteroatoms. The molecule has 5 atom stereocenters. The summed E-state index contributed by atoms with van der Waals surface area (Å²) in [6.45, 7) is -0.912. The van der Waals surface area contributed by atoms with E-state index in [9.17, 15) is 23.8 Å². The maximum Gasteiger partial charge on any atom is 0.255 e. The number of amides is 1. The van der Waals surface area contributed by atoms with Crippen LogP contribution in [0, 0.1) is 5.92 Å². The first-order valence-corrected chi connectivity index (χ1v) is 12.5. The number of carbonyl (C=O) groups excluding carboxylic acids is 1. The third-order valence-corrected chi connectivity index (χ3v) is 7.78. The molecular weight excluding hydrogens is 574 g/mol. The van der Waals surface area contributed by atoms with Crippen LogP contribution in [0.1, 0.15) is 22.6 Å². The van der Waals surface area contributed by atoms with E-state index in [1.807, 2.05) is 0 Å². The van der Waals surface area contributed by atoms with Gasteiger partial charge in [0, 0.05) is 16.5 Å². The number of nitrogens with zero attached hydrogens (tertiary/aromatic N) is 1. The van der Waals surface area contributed by atoms with Crippen molar-refractivity contribution in [2.45, 2.75) is 29.6 Å². The van der Waals surface area contributed by atoms with Crippen LogP contribution in [0.5, 0.6) is 11.6 Å². The summed E-state index contributed by atoms with van der Waals surface area (Å²) in [6.07, 6.45) is -4.61. The van der Waals surface area contributed by atoms with E-state index in [1.54, 1.807) is 54.6 Å². The molecule has 3 N–H and O–H groups in total. The first kappa shape index (κ1) is 25.8. The molecule has 0 saturated heterocycles. The average Bonchev–Trinajstić information content (AvgIpc) is 3.25. The lowest BCUT2D eigenvalue weighted by Crippen LogP contribution is -2.52. The fourth-order valence-electron chi connectivity index (χ4n) is 5.70. The van der Waals surface area contributed by atoms with Gasteiger partial charge in [0.15, 0.2) is 11.2 Å². The van der Waals surface area contributed by atoms with Gasteiger partial charge < -0.3 is 25.0 Å². The van der Waals surface area contributed by atoms with Crippen LogP contribution in [0.25, 0.3) is 0 Å². The molecule has 194 valence electrons. The SMILES string of the molecule is COc1nc(Cl)cc2c1C1(O)C(O)C(C(=O)NCC(F)F)C(c3ccccc3)C1(c1ccc(Br)cc1)O2. The second-order valence-electron chi connectivity index (χ2n) is 8.93. The maximum absolute atomic E-state index is 13.4. The Balaban J connectivity index is 1.83. The van der Waals surface area contributed by atoms with Gasteiger partial charge in [-0.3, -0.25) is 4.79 Å². The number of nitrogens with one attached hydrogen (secondary N) is 1. The molecule has 5 unspecified atom stereocenters. The Morgan fingerprint density at radius 1 is 1.24 bits per heavy atom. The van der Waals surface area contributed by atoms with E-state index >= 15 is 0 Å². The van der Waals surface area contributed by atoms with Gasteiger partial charge in [-0.25, -0.2) is 13.8 Å². The standard InChI is InChI=1S/C26H22BrClF2N2O5/c1-36-24-21-16(11-17(28)32-24)37-26(14-7-9-15(27)10-8-14)20(13-5-3-2-4-6-13)19(22(33)25(21,26)35)23(34)31-12-18(29)30/h2-11,18-20,22,33,35H,12H2,1H3,(H,31,34). The topological polar surface area (TPSA) is 101 Å². The minimum atomic E-state index is -2.80. The number of alkyl halides is 2. The number of rotatable bonds is 6. The number of ether oxygens (including phenoxy) is 2. The summed E-state index contributed by atoms with van der Waals surface area (Å²) in [5.41, 5.74) is -3.08. The van der Waals surface area contributed by atoms with E-state index in [0.717, 1.165) is 4.47 Å². The first-order chi connectivity index (χ1) is 17.6. The zero-order chi connectivity index (χ0) is 26.5. The maximum atomic E-state index is 13.4. The van der Waals surface area contributed by atoms with Crippen LogP contribution in [-0.4, -0.2) is 47.3 Å². The molecule has 37 heavy (non-hydrogen) atoms. The fourth-order valence-corrected chi connectivity index (χ4v) is 6.14. The smallest absolute Gasteiger partial charge is 0.255 e. The second-order valence-corrected chi connectivity index (χ2v) is 10.2. The number of pyridine rings is 1. The minimum Gasteiger partial charge on any atom is -0.481 e. The summed E-state index contributed by atoms with van der Waals surface area (Å²) in [4.78, 5) is 17.6. The Hall–Kier alpha value is -2.79. The van der Waals surface area contributed by atoms with Gasteiger partial charge in [0.2, 0.25) is 11.8 Å². The molecule has 1 fully saturated rings. The summed E-state index contributed by atoms with van der Waals surface area (Å²) >= 11 is 9.61. The second kappa shape index (κ2) is 9.50. The van der Waals surface area contributed by atoms with Crippen LogP contribution in [-0.2, 0) is 16.0 Å². The molecule has 2 aliphatic rings. The Kier molecular flexibility index (Phi) is 6.64. The number of halogens is 4. The molecule has 5 rings (SSSR count). The van der Waals surface area contributed by atoms with E-state index in [2.05, 4.69) is 26.2 Å². The lowest BCUT2D eigenvalue weighted by Gasteiger charge is -2.40. The van der Waals surface area contributed by atoms with Crippen molar-refractivity contribution in [3.8, 4) is 11.6 Å². The number of hydrogen-bond donors (Lipinski definition) is 3. The van der Waals surface area contributed by atoms with Crippen molar-refractivity contribution in [3.63, 3.8) is 0 Å². The number of benzene rings is 2. The molecule has 0 radical (unpaired) electrons. The van der Waals surface area contributed by atoms with Crippen molar-refractivity contribution < 1.29 is 33.3 Å². The van der Waals surface area contributed by atoms with Crippen molar-refractivity contribution in [3.05, 3.63) is 87.0 Å². The molecule has 1 aliphatic heterocycles. The van der Waals surface area contributed by atoms with Crippen LogP contribution in [0.3, 0.4) is 0 Å². The van der Waals surface area contributed by atoms with Crippen molar-refractivity contribution in [2.24, 2.45) is 5.92 Å². The Bertz CT molecular complexity index is 1330. The largest absolute Gasteiger partial charge is 0.481 e.